The second kappa shape index (κ2) is 7.47. The molecule has 2 aromatic rings. The zero-order valence-corrected chi connectivity index (χ0v) is 16.5. The quantitative estimate of drug-likeness (QED) is 0.734. The van der Waals surface area contributed by atoms with Gasteiger partial charge in [0.1, 0.15) is 16.7 Å². The molecule has 2 N–H and O–H groups in total. The van der Waals surface area contributed by atoms with Gasteiger partial charge in [-0.25, -0.2) is 9.59 Å². The first-order chi connectivity index (χ1) is 13.2. The molecule has 148 valence electrons. The van der Waals surface area contributed by atoms with E-state index in [4.69, 9.17) is 4.74 Å². The van der Waals surface area contributed by atoms with Crippen molar-refractivity contribution >= 4 is 28.3 Å². The molecule has 3 heterocycles. The molecule has 0 saturated carbocycles. The molecule has 0 unspecified atom stereocenters. The number of anilines is 1. The number of nitriles is 1. The number of amides is 2. The third kappa shape index (κ3) is 4.40. The summed E-state index contributed by atoms with van der Waals surface area (Å²) >= 11 is 1.26. The summed E-state index contributed by atoms with van der Waals surface area (Å²) in [6.45, 7) is 6.01. The molecular formula is C17H20N5O5S+. The summed E-state index contributed by atoms with van der Waals surface area (Å²) in [5.74, 6) is -0.416. The van der Waals surface area contributed by atoms with Crippen molar-refractivity contribution < 1.29 is 23.5 Å². The fourth-order valence-electron chi connectivity index (χ4n) is 2.77. The lowest BCUT2D eigenvalue weighted by atomic mass is 10.0. The van der Waals surface area contributed by atoms with Crippen molar-refractivity contribution in [2.75, 3.05) is 11.9 Å². The van der Waals surface area contributed by atoms with E-state index in [2.05, 4.69) is 21.2 Å². The summed E-state index contributed by atoms with van der Waals surface area (Å²) in [6.07, 6.45) is 1.22. The van der Waals surface area contributed by atoms with Gasteiger partial charge in [0.2, 0.25) is 0 Å². The summed E-state index contributed by atoms with van der Waals surface area (Å²) in [7, 11) is 0. The van der Waals surface area contributed by atoms with E-state index in [1.165, 1.54) is 16.0 Å². The van der Waals surface area contributed by atoms with E-state index in [1.54, 1.807) is 25.7 Å². The lowest BCUT2D eigenvalue weighted by molar-refractivity contribution is -0.750. The normalized spacial score (nSPS) is 13.6. The van der Waals surface area contributed by atoms with Crippen molar-refractivity contribution in [3.63, 3.8) is 0 Å². The topological polar surface area (TPSA) is 132 Å². The van der Waals surface area contributed by atoms with Gasteiger partial charge in [0.05, 0.1) is 12.1 Å². The Bertz CT molecular complexity index is 1010. The van der Waals surface area contributed by atoms with Crippen molar-refractivity contribution in [3.05, 3.63) is 32.6 Å². The van der Waals surface area contributed by atoms with E-state index >= 15 is 0 Å². The number of hydrogen-bond acceptors (Lipinski definition) is 7. The smallest absolute Gasteiger partial charge is 0.426 e. The number of fused-ring (bicyclic) bond motifs is 1. The number of H-pyrrole nitrogens is 1. The van der Waals surface area contributed by atoms with E-state index in [1.807, 2.05) is 0 Å². The molecular weight excluding hydrogens is 386 g/mol. The Kier molecular flexibility index (Phi) is 5.24. The van der Waals surface area contributed by atoms with Gasteiger partial charge in [0.25, 0.3) is 18.6 Å². The van der Waals surface area contributed by atoms with Crippen molar-refractivity contribution in [1.29, 1.82) is 5.26 Å². The van der Waals surface area contributed by atoms with Crippen LogP contribution in [-0.4, -0.2) is 34.3 Å². The van der Waals surface area contributed by atoms with Crippen molar-refractivity contribution in [2.45, 2.75) is 45.9 Å². The SMILES string of the molecule is CC(C)(C)OC(=O)N1CCc2c(sc(NC(=O)C[n+]3cc(=O)o[nH]3)c2C#N)C1. The van der Waals surface area contributed by atoms with E-state index in [0.29, 0.717) is 30.1 Å². The minimum atomic E-state index is -0.598. The second-order valence-electron chi connectivity index (χ2n) is 7.29. The van der Waals surface area contributed by atoms with E-state index in [9.17, 15) is 19.6 Å². The zero-order valence-electron chi connectivity index (χ0n) is 15.7. The number of thiophene rings is 1. The number of carbonyl (C=O) groups excluding carboxylic acids is 2. The van der Waals surface area contributed by atoms with Gasteiger partial charge in [-0.3, -0.25) is 9.32 Å². The second-order valence-corrected chi connectivity index (χ2v) is 8.39. The first-order valence-corrected chi connectivity index (χ1v) is 9.38. The molecule has 0 aliphatic carbocycles. The van der Waals surface area contributed by atoms with Crippen LogP contribution in [0.1, 0.15) is 36.8 Å². The van der Waals surface area contributed by atoms with Gasteiger partial charge in [0.15, 0.2) is 0 Å². The number of nitrogens with zero attached hydrogens (tertiary/aromatic N) is 3. The predicted molar refractivity (Wildman–Crippen MR) is 97.5 cm³/mol. The highest BCUT2D eigenvalue weighted by Crippen LogP contribution is 2.36. The summed E-state index contributed by atoms with van der Waals surface area (Å²) in [5.41, 5.74) is 0.0596. The van der Waals surface area contributed by atoms with Gasteiger partial charge in [-0.05, 0) is 38.0 Å². The fraction of sp³-hybridized carbons (Fsp3) is 0.471. The van der Waals surface area contributed by atoms with Crippen molar-refractivity contribution in [1.82, 2.24) is 10.2 Å². The van der Waals surface area contributed by atoms with Crippen LogP contribution in [0.2, 0.25) is 0 Å². The standard InChI is InChI=1S/C17H19N5O5S/c1-17(2,3)26-16(25)21-5-4-10-11(6-18)15(28-12(10)7-21)19-13(23)8-22-9-14(24)27-20-22/h9H,4-5,7-8H2,1-3H3,(H-,19,20,23,24)/p+1. The number of rotatable bonds is 3. The Morgan fingerprint density at radius 2 is 2.25 bits per heavy atom. The highest BCUT2D eigenvalue weighted by Gasteiger charge is 2.30. The van der Waals surface area contributed by atoms with E-state index in [0.717, 1.165) is 16.6 Å². The Labute approximate surface area is 164 Å². The Hall–Kier alpha value is -3.13. The molecule has 0 spiro atoms. The number of aromatic nitrogens is 2. The summed E-state index contributed by atoms with van der Waals surface area (Å²) in [4.78, 5) is 37.9. The summed E-state index contributed by atoms with van der Waals surface area (Å²) in [6, 6.07) is 2.14. The molecule has 0 aromatic carbocycles. The molecule has 1 aliphatic rings. The zero-order chi connectivity index (χ0) is 20.5. The number of hydrogen-bond donors (Lipinski definition) is 2. The van der Waals surface area contributed by atoms with Crippen LogP contribution in [0.15, 0.2) is 15.5 Å². The van der Waals surface area contributed by atoms with Gasteiger partial charge < -0.3 is 15.0 Å². The Balaban J connectivity index is 1.74. The van der Waals surface area contributed by atoms with Crippen LogP contribution < -0.4 is 15.6 Å². The van der Waals surface area contributed by atoms with Crippen LogP contribution in [-0.2, 0) is 29.0 Å². The average molecular weight is 406 g/mol. The third-order valence-corrected chi connectivity index (χ3v) is 5.04. The molecule has 2 amide bonds. The van der Waals surface area contributed by atoms with Gasteiger partial charge in [-0.2, -0.15) is 5.26 Å². The number of carbonyl (C=O) groups is 2. The van der Waals surface area contributed by atoms with Crippen LogP contribution in [0.5, 0.6) is 0 Å². The number of aromatic amines is 1. The van der Waals surface area contributed by atoms with Crippen molar-refractivity contribution in [2.24, 2.45) is 0 Å². The maximum Gasteiger partial charge on any atom is 0.426 e. The number of nitrogens with one attached hydrogen (secondary N) is 2. The molecule has 11 heteroatoms. The van der Waals surface area contributed by atoms with Crippen LogP contribution in [0.3, 0.4) is 0 Å². The fourth-order valence-corrected chi connectivity index (χ4v) is 4.00. The molecule has 10 nitrogen and oxygen atoms in total. The molecule has 0 saturated heterocycles. The van der Waals surface area contributed by atoms with E-state index < -0.39 is 23.2 Å². The molecule has 0 fully saturated rings. The van der Waals surface area contributed by atoms with Crippen LogP contribution in [0.4, 0.5) is 9.80 Å². The van der Waals surface area contributed by atoms with Gasteiger partial charge in [0, 0.05) is 11.4 Å². The molecule has 3 rings (SSSR count). The lowest BCUT2D eigenvalue weighted by Crippen LogP contribution is -2.41. The maximum atomic E-state index is 12.3. The predicted octanol–water partition coefficient (Wildman–Crippen LogP) is 1.12. The summed E-state index contributed by atoms with van der Waals surface area (Å²) < 4.78 is 11.1. The van der Waals surface area contributed by atoms with Gasteiger partial charge in [-0.1, -0.05) is 4.68 Å². The number of ether oxygens (including phenoxy) is 1. The average Bonchev–Trinajstić information content (AvgIpc) is 3.14. The third-order valence-electron chi connectivity index (χ3n) is 3.91. The molecule has 0 atom stereocenters. The minimum Gasteiger partial charge on any atom is -0.444 e. The molecule has 2 aromatic heterocycles. The molecule has 1 aliphatic heterocycles. The maximum absolute atomic E-state index is 12.3. The van der Waals surface area contributed by atoms with Gasteiger partial charge >= 0.3 is 11.7 Å². The van der Waals surface area contributed by atoms with Crippen molar-refractivity contribution in [3.8, 4) is 6.07 Å². The first kappa shape index (κ1) is 19.6. The minimum absolute atomic E-state index is 0.163. The molecule has 28 heavy (non-hydrogen) atoms. The van der Waals surface area contributed by atoms with Gasteiger partial charge in [-0.15, -0.1) is 11.3 Å². The Morgan fingerprint density at radius 1 is 1.50 bits per heavy atom. The largest absolute Gasteiger partial charge is 0.444 e. The van der Waals surface area contributed by atoms with Crippen LogP contribution in [0, 0.1) is 11.3 Å². The molecule has 0 radical (unpaired) electrons. The van der Waals surface area contributed by atoms with Crippen LogP contribution in [0.25, 0.3) is 0 Å². The monoisotopic (exact) mass is 406 g/mol. The highest BCUT2D eigenvalue weighted by molar-refractivity contribution is 7.16. The van der Waals surface area contributed by atoms with E-state index in [-0.39, 0.29) is 6.54 Å². The highest BCUT2D eigenvalue weighted by atomic mass is 32.1. The molecule has 0 bridgehead atoms. The van der Waals surface area contributed by atoms with Crippen LogP contribution >= 0.6 is 11.3 Å². The lowest BCUT2D eigenvalue weighted by Gasteiger charge is -2.29. The Morgan fingerprint density at radius 3 is 2.86 bits per heavy atom. The summed E-state index contributed by atoms with van der Waals surface area (Å²) in [5, 5.41) is 14.9. The first-order valence-electron chi connectivity index (χ1n) is 8.56.